The first kappa shape index (κ1) is 13.7. The number of rotatable bonds is 6. The quantitative estimate of drug-likeness (QED) is 0.815. The molecule has 1 aromatic carbocycles. The molecule has 0 aliphatic carbocycles. The molecule has 0 saturated heterocycles. The van der Waals surface area contributed by atoms with Crippen LogP contribution in [0.25, 0.3) is 0 Å². The van der Waals surface area contributed by atoms with Crippen LogP contribution >= 0.6 is 0 Å². The van der Waals surface area contributed by atoms with Crippen LogP contribution in [-0.4, -0.2) is 25.7 Å². The second-order valence-corrected chi connectivity index (χ2v) is 6.24. The van der Waals surface area contributed by atoms with E-state index in [-0.39, 0.29) is 5.75 Å². The van der Waals surface area contributed by atoms with Crippen LogP contribution < -0.4 is 5.32 Å². The van der Waals surface area contributed by atoms with Crippen molar-refractivity contribution in [3.63, 3.8) is 0 Å². The van der Waals surface area contributed by atoms with E-state index in [2.05, 4.69) is 10.3 Å². The van der Waals surface area contributed by atoms with Gasteiger partial charge in [-0.3, -0.25) is 4.98 Å². The molecule has 2 rings (SSSR count). The predicted octanol–water partition coefficient (Wildman–Crippen LogP) is 1.65. The zero-order valence-corrected chi connectivity index (χ0v) is 11.3. The first-order valence-corrected chi connectivity index (χ1v) is 7.72. The van der Waals surface area contributed by atoms with E-state index in [0.717, 1.165) is 5.69 Å². The van der Waals surface area contributed by atoms with Crippen LogP contribution in [0.3, 0.4) is 0 Å². The van der Waals surface area contributed by atoms with Gasteiger partial charge in [0.2, 0.25) is 0 Å². The van der Waals surface area contributed by atoms with Gasteiger partial charge in [0.05, 0.1) is 16.3 Å². The van der Waals surface area contributed by atoms with Crippen LogP contribution in [0.5, 0.6) is 0 Å². The molecule has 0 spiro atoms. The van der Waals surface area contributed by atoms with Crippen molar-refractivity contribution in [2.24, 2.45) is 0 Å². The Balaban J connectivity index is 1.83. The van der Waals surface area contributed by atoms with E-state index in [9.17, 15) is 8.42 Å². The lowest BCUT2D eigenvalue weighted by Gasteiger charge is -2.06. The second kappa shape index (κ2) is 6.45. The van der Waals surface area contributed by atoms with Crippen LogP contribution in [0.4, 0.5) is 0 Å². The monoisotopic (exact) mass is 276 g/mol. The molecule has 0 atom stereocenters. The molecular weight excluding hydrogens is 260 g/mol. The third kappa shape index (κ3) is 4.15. The number of nitrogens with zero attached hydrogens (tertiary/aromatic N) is 1. The van der Waals surface area contributed by atoms with Gasteiger partial charge in [0.1, 0.15) is 0 Å². The summed E-state index contributed by atoms with van der Waals surface area (Å²) in [5.74, 6) is 0.0871. The summed E-state index contributed by atoms with van der Waals surface area (Å²) in [7, 11) is -3.20. The molecule has 0 unspecified atom stereocenters. The number of hydrogen-bond donors (Lipinski definition) is 1. The van der Waals surface area contributed by atoms with Crippen molar-refractivity contribution in [3.8, 4) is 0 Å². The molecule has 0 radical (unpaired) electrons. The minimum Gasteiger partial charge on any atom is -0.310 e. The van der Waals surface area contributed by atoms with Crippen LogP contribution in [0.1, 0.15) is 5.69 Å². The maximum absolute atomic E-state index is 12.0. The zero-order chi connectivity index (χ0) is 13.6. The maximum Gasteiger partial charge on any atom is 0.179 e. The van der Waals surface area contributed by atoms with Gasteiger partial charge in [-0.2, -0.15) is 0 Å². The van der Waals surface area contributed by atoms with Gasteiger partial charge in [0.25, 0.3) is 0 Å². The van der Waals surface area contributed by atoms with Crippen molar-refractivity contribution >= 4 is 9.84 Å². The van der Waals surface area contributed by atoms with E-state index in [1.807, 2.05) is 18.2 Å². The summed E-state index contributed by atoms with van der Waals surface area (Å²) in [6.45, 7) is 0.985. The van der Waals surface area contributed by atoms with E-state index in [1.54, 1.807) is 36.5 Å². The van der Waals surface area contributed by atoms with E-state index in [1.165, 1.54) is 0 Å². The Kier molecular flexibility index (Phi) is 4.65. The predicted molar refractivity (Wildman–Crippen MR) is 74.4 cm³/mol. The molecule has 0 aliphatic heterocycles. The molecule has 2 aromatic rings. The molecule has 5 heteroatoms. The van der Waals surface area contributed by atoms with Gasteiger partial charge < -0.3 is 5.32 Å². The van der Waals surface area contributed by atoms with Crippen LogP contribution in [0.15, 0.2) is 59.6 Å². The van der Waals surface area contributed by atoms with E-state index < -0.39 is 9.84 Å². The normalized spacial score (nSPS) is 11.4. The summed E-state index contributed by atoms with van der Waals surface area (Å²) in [6, 6.07) is 14.2. The van der Waals surface area contributed by atoms with E-state index >= 15 is 0 Å². The summed E-state index contributed by atoms with van der Waals surface area (Å²) in [6.07, 6.45) is 1.72. The standard InChI is InChI=1S/C14H16N2O2S/c17-19(18,14-7-2-1-3-8-14)11-10-15-12-13-6-4-5-9-16-13/h1-9,15H,10-12H2. The van der Waals surface area contributed by atoms with E-state index in [4.69, 9.17) is 0 Å². The first-order chi connectivity index (χ1) is 9.18. The van der Waals surface area contributed by atoms with Gasteiger partial charge >= 0.3 is 0 Å². The number of aromatic nitrogens is 1. The number of hydrogen-bond acceptors (Lipinski definition) is 4. The number of benzene rings is 1. The summed E-state index contributed by atoms with van der Waals surface area (Å²) >= 11 is 0. The molecule has 0 amide bonds. The molecule has 0 bridgehead atoms. The second-order valence-electron chi connectivity index (χ2n) is 4.13. The van der Waals surface area contributed by atoms with Crippen molar-refractivity contribution in [3.05, 3.63) is 60.4 Å². The number of sulfone groups is 1. The van der Waals surface area contributed by atoms with Gasteiger partial charge in [-0.1, -0.05) is 24.3 Å². The third-order valence-electron chi connectivity index (χ3n) is 2.68. The fraction of sp³-hybridized carbons (Fsp3) is 0.214. The van der Waals surface area contributed by atoms with Crippen molar-refractivity contribution in [1.82, 2.24) is 10.3 Å². The molecule has 0 aliphatic rings. The fourth-order valence-electron chi connectivity index (χ4n) is 1.67. The lowest BCUT2D eigenvalue weighted by Crippen LogP contribution is -2.23. The number of nitrogens with one attached hydrogen (secondary N) is 1. The molecule has 100 valence electrons. The highest BCUT2D eigenvalue weighted by atomic mass is 32.2. The lowest BCUT2D eigenvalue weighted by atomic mass is 10.3. The highest BCUT2D eigenvalue weighted by Gasteiger charge is 2.12. The molecule has 1 aromatic heterocycles. The number of pyridine rings is 1. The Hall–Kier alpha value is -1.72. The van der Waals surface area contributed by atoms with E-state index in [0.29, 0.717) is 18.0 Å². The molecule has 0 saturated carbocycles. The Morgan fingerprint density at radius 1 is 1.00 bits per heavy atom. The highest BCUT2D eigenvalue weighted by molar-refractivity contribution is 7.91. The smallest absolute Gasteiger partial charge is 0.179 e. The zero-order valence-electron chi connectivity index (χ0n) is 10.5. The van der Waals surface area contributed by atoms with Crippen LogP contribution in [-0.2, 0) is 16.4 Å². The van der Waals surface area contributed by atoms with Crippen LogP contribution in [0.2, 0.25) is 0 Å². The van der Waals surface area contributed by atoms with Gasteiger partial charge in [0, 0.05) is 19.3 Å². The minimum atomic E-state index is -3.20. The minimum absolute atomic E-state index is 0.0871. The fourth-order valence-corrected chi connectivity index (χ4v) is 2.89. The topological polar surface area (TPSA) is 59.1 Å². The summed E-state index contributed by atoms with van der Waals surface area (Å²) in [4.78, 5) is 4.53. The Morgan fingerprint density at radius 2 is 1.74 bits per heavy atom. The summed E-state index contributed by atoms with van der Waals surface area (Å²) in [5, 5.41) is 3.09. The Labute approximate surface area is 113 Å². The van der Waals surface area contributed by atoms with Crippen LogP contribution in [0, 0.1) is 0 Å². The molecule has 0 fully saturated rings. The Bertz CT molecular complexity index is 598. The average molecular weight is 276 g/mol. The van der Waals surface area contributed by atoms with Gasteiger partial charge in [0.15, 0.2) is 9.84 Å². The third-order valence-corrected chi connectivity index (χ3v) is 4.41. The van der Waals surface area contributed by atoms with Crippen molar-refractivity contribution in [2.75, 3.05) is 12.3 Å². The summed E-state index contributed by atoms with van der Waals surface area (Å²) in [5.41, 5.74) is 0.902. The van der Waals surface area contributed by atoms with Crippen molar-refractivity contribution in [2.45, 2.75) is 11.4 Å². The molecule has 1 N–H and O–H groups in total. The maximum atomic E-state index is 12.0. The molecule has 4 nitrogen and oxygen atoms in total. The molecule has 19 heavy (non-hydrogen) atoms. The lowest BCUT2D eigenvalue weighted by molar-refractivity contribution is 0.590. The van der Waals surface area contributed by atoms with Crippen molar-refractivity contribution in [1.29, 1.82) is 0 Å². The Morgan fingerprint density at radius 3 is 2.42 bits per heavy atom. The van der Waals surface area contributed by atoms with Gasteiger partial charge in [-0.05, 0) is 24.3 Å². The highest BCUT2D eigenvalue weighted by Crippen LogP contribution is 2.09. The van der Waals surface area contributed by atoms with Crippen molar-refractivity contribution < 1.29 is 8.42 Å². The van der Waals surface area contributed by atoms with Gasteiger partial charge in [-0.15, -0.1) is 0 Å². The molecule has 1 heterocycles. The largest absolute Gasteiger partial charge is 0.310 e. The SMILES string of the molecule is O=S(=O)(CCNCc1ccccn1)c1ccccc1. The van der Waals surface area contributed by atoms with Gasteiger partial charge in [-0.25, -0.2) is 8.42 Å². The average Bonchev–Trinajstić information content (AvgIpc) is 2.46. The molecular formula is C14H16N2O2S. The summed E-state index contributed by atoms with van der Waals surface area (Å²) < 4.78 is 24.0. The first-order valence-electron chi connectivity index (χ1n) is 6.07.